The maximum Gasteiger partial charge on any atom is 0.253 e. The molecule has 0 aliphatic carbocycles. The largest absolute Gasteiger partial charge is 0.497 e. The first-order valence-electron chi connectivity index (χ1n) is 9.88. The molecule has 2 aromatic carbocycles. The van der Waals surface area contributed by atoms with Crippen LogP contribution in [0.1, 0.15) is 40.9 Å². The molecule has 0 fully saturated rings. The molecule has 0 aliphatic heterocycles. The molecular formula is C24H27N3O2. The summed E-state index contributed by atoms with van der Waals surface area (Å²) in [5.41, 5.74) is 5.94. The Morgan fingerprint density at radius 3 is 2.31 bits per heavy atom. The molecule has 1 amide bonds. The summed E-state index contributed by atoms with van der Waals surface area (Å²) >= 11 is 0. The molecule has 29 heavy (non-hydrogen) atoms. The first kappa shape index (κ1) is 20.4. The maximum absolute atomic E-state index is 12.6. The minimum atomic E-state index is -0.156. The van der Waals surface area contributed by atoms with E-state index in [4.69, 9.17) is 4.74 Å². The van der Waals surface area contributed by atoms with Crippen LogP contribution in [0.3, 0.4) is 0 Å². The Bertz CT molecular complexity index is 946. The summed E-state index contributed by atoms with van der Waals surface area (Å²) in [4.78, 5) is 16.8. The van der Waals surface area contributed by atoms with Crippen LogP contribution in [0.5, 0.6) is 5.75 Å². The van der Waals surface area contributed by atoms with Crippen LogP contribution in [0.15, 0.2) is 60.9 Å². The quantitative estimate of drug-likeness (QED) is 0.576. The molecule has 1 aromatic heterocycles. The summed E-state index contributed by atoms with van der Waals surface area (Å²) < 4.78 is 5.16. The zero-order valence-corrected chi connectivity index (χ0v) is 17.2. The molecule has 3 rings (SSSR count). The zero-order chi connectivity index (χ0) is 20.6. The zero-order valence-electron chi connectivity index (χ0n) is 17.2. The molecule has 0 spiro atoms. The van der Waals surface area contributed by atoms with Gasteiger partial charge < -0.3 is 15.4 Å². The van der Waals surface area contributed by atoms with Crippen LogP contribution in [-0.2, 0) is 19.4 Å². The number of aryl methyl sites for hydroxylation is 2. The van der Waals surface area contributed by atoms with Gasteiger partial charge in [0, 0.05) is 18.4 Å². The first-order valence-corrected chi connectivity index (χ1v) is 9.88. The van der Waals surface area contributed by atoms with Crippen molar-refractivity contribution in [3.63, 3.8) is 0 Å². The third-order valence-electron chi connectivity index (χ3n) is 4.88. The Balaban J connectivity index is 1.71. The van der Waals surface area contributed by atoms with Crippen molar-refractivity contribution >= 4 is 17.3 Å². The van der Waals surface area contributed by atoms with E-state index in [1.807, 2.05) is 30.3 Å². The van der Waals surface area contributed by atoms with Gasteiger partial charge in [-0.25, -0.2) is 0 Å². The van der Waals surface area contributed by atoms with Gasteiger partial charge in [0.15, 0.2) is 0 Å². The molecule has 5 heteroatoms. The predicted molar refractivity (Wildman–Crippen MR) is 117 cm³/mol. The molecule has 150 valence electrons. The molecule has 0 saturated heterocycles. The van der Waals surface area contributed by atoms with E-state index >= 15 is 0 Å². The van der Waals surface area contributed by atoms with Gasteiger partial charge in [-0.2, -0.15) is 0 Å². The summed E-state index contributed by atoms with van der Waals surface area (Å²) in [6, 6.07) is 15.8. The molecule has 0 unspecified atom stereocenters. The predicted octanol–water partition coefficient (Wildman–Crippen LogP) is 4.89. The van der Waals surface area contributed by atoms with E-state index in [9.17, 15) is 4.79 Å². The standard InChI is InChI=1S/C24H27N3O2/c1-4-18-7-6-8-19(5-2)23(18)27-21-13-20(15-25-16-21)24(28)26-14-17-9-11-22(29-3)12-10-17/h6-13,15-16,27H,4-5,14H2,1-3H3,(H,26,28). The van der Waals surface area contributed by atoms with Crippen molar-refractivity contribution in [2.45, 2.75) is 33.2 Å². The lowest BCUT2D eigenvalue weighted by Gasteiger charge is -2.15. The summed E-state index contributed by atoms with van der Waals surface area (Å²) in [6.45, 7) is 4.72. The van der Waals surface area contributed by atoms with Gasteiger partial charge in [0.25, 0.3) is 5.91 Å². The molecule has 0 atom stereocenters. The number of carbonyl (C=O) groups is 1. The number of aromatic nitrogens is 1. The fourth-order valence-corrected chi connectivity index (χ4v) is 3.21. The number of carbonyl (C=O) groups excluding carboxylic acids is 1. The lowest BCUT2D eigenvalue weighted by molar-refractivity contribution is 0.0950. The van der Waals surface area contributed by atoms with Gasteiger partial charge in [0.1, 0.15) is 5.75 Å². The topological polar surface area (TPSA) is 63.2 Å². The van der Waals surface area contributed by atoms with Crippen molar-refractivity contribution in [1.29, 1.82) is 0 Å². The molecule has 1 heterocycles. The number of benzene rings is 2. The van der Waals surface area contributed by atoms with E-state index < -0.39 is 0 Å². The number of amides is 1. The summed E-state index contributed by atoms with van der Waals surface area (Å²) in [5.74, 6) is 0.637. The lowest BCUT2D eigenvalue weighted by atomic mass is 10.0. The van der Waals surface area contributed by atoms with Crippen molar-refractivity contribution in [2.75, 3.05) is 12.4 Å². The second-order valence-corrected chi connectivity index (χ2v) is 6.78. The van der Waals surface area contributed by atoms with Gasteiger partial charge >= 0.3 is 0 Å². The van der Waals surface area contributed by atoms with Crippen LogP contribution in [0, 0.1) is 0 Å². The minimum Gasteiger partial charge on any atom is -0.497 e. The Morgan fingerprint density at radius 1 is 1.00 bits per heavy atom. The Kier molecular flexibility index (Phi) is 6.85. The van der Waals surface area contributed by atoms with E-state index in [0.717, 1.165) is 35.5 Å². The third kappa shape index (κ3) is 5.13. The molecule has 0 saturated carbocycles. The van der Waals surface area contributed by atoms with Gasteiger partial charge in [0.05, 0.1) is 24.6 Å². The molecule has 3 aromatic rings. The smallest absolute Gasteiger partial charge is 0.253 e. The summed E-state index contributed by atoms with van der Waals surface area (Å²) in [6.07, 6.45) is 5.20. The van der Waals surface area contributed by atoms with Crippen LogP contribution in [0.2, 0.25) is 0 Å². The normalized spacial score (nSPS) is 10.4. The number of ether oxygens (including phenoxy) is 1. The van der Waals surface area contributed by atoms with E-state index in [-0.39, 0.29) is 5.91 Å². The van der Waals surface area contributed by atoms with Gasteiger partial charge in [-0.15, -0.1) is 0 Å². The highest BCUT2D eigenvalue weighted by Crippen LogP contribution is 2.26. The average molecular weight is 389 g/mol. The molecule has 0 radical (unpaired) electrons. The highest BCUT2D eigenvalue weighted by molar-refractivity contribution is 5.94. The molecular weight excluding hydrogens is 362 g/mol. The SMILES string of the molecule is CCc1cccc(CC)c1Nc1cncc(C(=O)NCc2ccc(OC)cc2)c1. The Hall–Kier alpha value is -3.34. The molecule has 0 bridgehead atoms. The summed E-state index contributed by atoms with van der Waals surface area (Å²) in [7, 11) is 1.63. The number of hydrogen-bond donors (Lipinski definition) is 2. The average Bonchev–Trinajstić information content (AvgIpc) is 2.78. The number of nitrogens with zero attached hydrogens (tertiary/aromatic N) is 1. The number of hydrogen-bond acceptors (Lipinski definition) is 4. The Labute approximate surface area is 172 Å². The second-order valence-electron chi connectivity index (χ2n) is 6.78. The fraction of sp³-hybridized carbons (Fsp3) is 0.250. The Morgan fingerprint density at radius 2 is 1.69 bits per heavy atom. The van der Waals surface area contributed by atoms with Crippen LogP contribution >= 0.6 is 0 Å². The van der Waals surface area contributed by atoms with Gasteiger partial charge in [-0.05, 0) is 47.7 Å². The lowest BCUT2D eigenvalue weighted by Crippen LogP contribution is -2.23. The number of pyridine rings is 1. The van der Waals surface area contributed by atoms with Crippen molar-refractivity contribution in [3.8, 4) is 5.75 Å². The van der Waals surface area contributed by atoms with E-state index in [0.29, 0.717) is 12.1 Å². The molecule has 0 aliphatic rings. The summed E-state index contributed by atoms with van der Waals surface area (Å²) in [5, 5.41) is 6.41. The number of nitrogens with one attached hydrogen (secondary N) is 2. The van der Waals surface area contributed by atoms with Crippen molar-refractivity contribution < 1.29 is 9.53 Å². The van der Waals surface area contributed by atoms with Gasteiger partial charge in [0.2, 0.25) is 0 Å². The van der Waals surface area contributed by atoms with Gasteiger partial charge in [-0.1, -0.05) is 44.2 Å². The van der Waals surface area contributed by atoms with Crippen LogP contribution in [0.25, 0.3) is 0 Å². The molecule has 2 N–H and O–H groups in total. The second kappa shape index (κ2) is 9.73. The maximum atomic E-state index is 12.6. The van der Waals surface area contributed by atoms with Gasteiger partial charge in [-0.3, -0.25) is 9.78 Å². The third-order valence-corrected chi connectivity index (χ3v) is 4.88. The van der Waals surface area contributed by atoms with Crippen molar-refractivity contribution in [2.24, 2.45) is 0 Å². The number of anilines is 2. The first-order chi connectivity index (χ1) is 14.1. The van der Waals surface area contributed by atoms with Crippen molar-refractivity contribution in [1.82, 2.24) is 10.3 Å². The van der Waals surface area contributed by atoms with E-state index in [1.165, 1.54) is 11.1 Å². The van der Waals surface area contributed by atoms with Crippen LogP contribution in [0.4, 0.5) is 11.4 Å². The monoisotopic (exact) mass is 389 g/mol. The van der Waals surface area contributed by atoms with Crippen LogP contribution < -0.4 is 15.4 Å². The molecule has 5 nitrogen and oxygen atoms in total. The number of rotatable bonds is 8. The minimum absolute atomic E-state index is 0.156. The van der Waals surface area contributed by atoms with E-state index in [1.54, 1.807) is 19.5 Å². The van der Waals surface area contributed by atoms with Crippen LogP contribution in [-0.4, -0.2) is 18.0 Å². The fourth-order valence-electron chi connectivity index (χ4n) is 3.21. The van der Waals surface area contributed by atoms with Crippen molar-refractivity contribution in [3.05, 3.63) is 83.2 Å². The van der Waals surface area contributed by atoms with E-state index in [2.05, 4.69) is 47.7 Å². The highest BCUT2D eigenvalue weighted by Gasteiger charge is 2.10. The number of para-hydroxylation sites is 1. The number of methoxy groups -OCH3 is 1. The highest BCUT2D eigenvalue weighted by atomic mass is 16.5.